The lowest BCUT2D eigenvalue weighted by Crippen LogP contribution is -2.40. The number of hydrogen-bond acceptors (Lipinski definition) is 2. The van der Waals surface area contributed by atoms with Crippen LogP contribution in [0, 0.1) is 11.8 Å². The minimum atomic E-state index is -0.0567. The first-order valence-electron chi connectivity index (χ1n) is 6.11. The monoisotopic (exact) mass is 290 g/mol. The van der Waals surface area contributed by atoms with Gasteiger partial charge >= 0.3 is 0 Å². The minimum Gasteiger partial charge on any atom is -0.355 e. The zero-order valence-electron chi connectivity index (χ0n) is 10.5. The fourth-order valence-corrected chi connectivity index (χ4v) is 2.07. The van der Waals surface area contributed by atoms with Crippen molar-refractivity contribution >= 4 is 21.8 Å². The van der Waals surface area contributed by atoms with Gasteiger partial charge in [0, 0.05) is 6.54 Å². The second-order valence-corrected chi connectivity index (χ2v) is 6.12. The largest absolute Gasteiger partial charge is 0.355 e. The number of nitrogens with zero attached hydrogens (tertiary/aromatic N) is 1. The summed E-state index contributed by atoms with van der Waals surface area (Å²) in [7, 11) is 2.15. The third kappa shape index (κ3) is 4.42. The topological polar surface area (TPSA) is 32.3 Å². The molecule has 1 fully saturated rings. The second-order valence-electron chi connectivity index (χ2n) is 5.14. The Morgan fingerprint density at radius 3 is 2.50 bits per heavy atom. The summed E-state index contributed by atoms with van der Waals surface area (Å²) in [4.78, 5) is 14.0. The van der Waals surface area contributed by atoms with Crippen LogP contribution >= 0.6 is 15.9 Å². The van der Waals surface area contributed by atoms with E-state index in [1.165, 1.54) is 12.8 Å². The van der Waals surface area contributed by atoms with Gasteiger partial charge in [0.15, 0.2) is 0 Å². The summed E-state index contributed by atoms with van der Waals surface area (Å²) in [6.45, 7) is 7.25. The number of rotatable bonds is 4. The van der Waals surface area contributed by atoms with Gasteiger partial charge in [-0.15, -0.1) is 0 Å². The van der Waals surface area contributed by atoms with Crippen molar-refractivity contribution in [2.75, 3.05) is 26.7 Å². The first kappa shape index (κ1) is 14.0. The maximum absolute atomic E-state index is 11.7. The third-order valence-electron chi connectivity index (χ3n) is 3.24. The molecule has 0 aliphatic carbocycles. The molecule has 0 spiro atoms. The zero-order chi connectivity index (χ0) is 12.1. The van der Waals surface area contributed by atoms with Crippen molar-refractivity contribution in [1.29, 1.82) is 0 Å². The number of halogens is 1. The summed E-state index contributed by atoms with van der Waals surface area (Å²) < 4.78 is 0. The fourth-order valence-electron chi connectivity index (χ4n) is 1.91. The standard InChI is InChI=1S/C12H23BrN2O/c1-9(2)11(13)12(16)14-8-10-4-6-15(3)7-5-10/h9-11H,4-8H2,1-3H3,(H,14,16). The number of hydrogen-bond donors (Lipinski definition) is 1. The van der Waals surface area contributed by atoms with Gasteiger partial charge in [0.25, 0.3) is 0 Å². The normalized spacial score (nSPS) is 21.1. The van der Waals surface area contributed by atoms with E-state index in [4.69, 9.17) is 0 Å². The number of carbonyl (C=O) groups excluding carboxylic acids is 1. The summed E-state index contributed by atoms with van der Waals surface area (Å²) in [5.41, 5.74) is 0. The summed E-state index contributed by atoms with van der Waals surface area (Å²) in [5.74, 6) is 1.14. The van der Waals surface area contributed by atoms with Crippen LogP contribution in [0.25, 0.3) is 0 Å². The maximum Gasteiger partial charge on any atom is 0.234 e. The lowest BCUT2D eigenvalue weighted by atomic mass is 9.97. The van der Waals surface area contributed by atoms with Crippen LogP contribution in [0.1, 0.15) is 26.7 Å². The van der Waals surface area contributed by atoms with E-state index in [-0.39, 0.29) is 10.7 Å². The van der Waals surface area contributed by atoms with Crippen LogP contribution in [0.3, 0.4) is 0 Å². The Balaban J connectivity index is 2.22. The molecule has 0 radical (unpaired) electrons. The van der Waals surface area contributed by atoms with E-state index >= 15 is 0 Å². The predicted molar refractivity (Wildman–Crippen MR) is 70.8 cm³/mol. The Morgan fingerprint density at radius 2 is 2.00 bits per heavy atom. The highest BCUT2D eigenvalue weighted by molar-refractivity contribution is 9.10. The minimum absolute atomic E-state index is 0.0567. The number of alkyl halides is 1. The molecular weight excluding hydrogens is 268 g/mol. The number of carbonyl (C=O) groups is 1. The molecular formula is C12H23BrN2O. The van der Waals surface area contributed by atoms with E-state index in [1.807, 2.05) is 0 Å². The van der Waals surface area contributed by atoms with Gasteiger partial charge in [-0.3, -0.25) is 4.79 Å². The predicted octanol–water partition coefficient (Wildman–Crippen LogP) is 1.86. The number of piperidine rings is 1. The molecule has 1 N–H and O–H groups in total. The van der Waals surface area contributed by atoms with Crippen molar-refractivity contribution < 1.29 is 4.79 Å². The van der Waals surface area contributed by atoms with Crippen molar-refractivity contribution in [3.05, 3.63) is 0 Å². The van der Waals surface area contributed by atoms with Crippen molar-refractivity contribution in [2.24, 2.45) is 11.8 Å². The van der Waals surface area contributed by atoms with Gasteiger partial charge in [0.1, 0.15) is 0 Å². The Morgan fingerprint density at radius 1 is 1.44 bits per heavy atom. The van der Waals surface area contributed by atoms with E-state index in [0.717, 1.165) is 19.6 Å². The molecule has 1 aliphatic heterocycles. The smallest absolute Gasteiger partial charge is 0.234 e. The van der Waals surface area contributed by atoms with E-state index in [0.29, 0.717) is 11.8 Å². The van der Waals surface area contributed by atoms with Crippen molar-refractivity contribution in [3.63, 3.8) is 0 Å². The van der Waals surface area contributed by atoms with E-state index in [9.17, 15) is 4.79 Å². The average Bonchev–Trinajstić information content (AvgIpc) is 2.26. The van der Waals surface area contributed by atoms with Crippen LogP contribution < -0.4 is 5.32 Å². The van der Waals surface area contributed by atoms with Crippen molar-refractivity contribution in [2.45, 2.75) is 31.5 Å². The summed E-state index contributed by atoms with van der Waals surface area (Å²) in [6, 6.07) is 0. The molecule has 1 atom stereocenters. The van der Waals surface area contributed by atoms with Gasteiger partial charge in [-0.25, -0.2) is 0 Å². The molecule has 0 aromatic carbocycles. The molecule has 0 saturated carbocycles. The van der Waals surface area contributed by atoms with Crippen LogP contribution in [-0.4, -0.2) is 42.3 Å². The average molecular weight is 291 g/mol. The summed E-state index contributed by atoms with van der Waals surface area (Å²) >= 11 is 3.42. The first-order valence-corrected chi connectivity index (χ1v) is 7.02. The van der Waals surface area contributed by atoms with E-state index in [1.54, 1.807) is 0 Å². The number of amides is 1. The molecule has 1 saturated heterocycles. The van der Waals surface area contributed by atoms with Gasteiger partial charge in [-0.2, -0.15) is 0 Å². The van der Waals surface area contributed by atoms with Crippen LogP contribution in [-0.2, 0) is 4.79 Å². The maximum atomic E-state index is 11.7. The van der Waals surface area contributed by atoms with Gasteiger partial charge < -0.3 is 10.2 Å². The van der Waals surface area contributed by atoms with Crippen molar-refractivity contribution in [3.8, 4) is 0 Å². The van der Waals surface area contributed by atoms with Gasteiger partial charge in [-0.05, 0) is 44.8 Å². The molecule has 1 heterocycles. The highest BCUT2D eigenvalue weighted by Crippen LogP contribution is 2.16. The lowest BCUT2D eigenvalue weighted by Gasteiger charge is -2.29. The first-order chi connectivity index (χ1) is 7.50. The van der Waals surface area contributed by atoms with Gasteiger partial charge in [0.05, 0.1) is 4.83 Å². The lowest BCUT2D eigenvalue weighted by molar-refractivity contribution is -0.121. The molecule has 0 aromatic rings. The highest BCUT2D eigenvalue weighted by Gasteiger charge is 2.21. The van der Waals surface area contributed by atoms with E-state index < -0.39 is 0 Å². The molecule has 1 unspecified atom stereocenters. The molecule has 4 heteroatoms. The quantitative estimate of drug-likeness (QED) is 0.802. The Kier molecular flexibility index (Phi) is 5.76. The fraction of sp³-hybridized carbons (Fsp3) is 0.917. The van der Waals surface area contributed by atoms with Crippen LogP contribution in [0.4, 0.5) is 0 Å². The molecule has 0 aromatic heterocycles. The molecule has 1 aliphatic rings. The highest BCUT2D eigenvalue weighted by atomic mass is 79.9. The molecule has 0 bridgehead atoms. The Labute approximate surface area is 107 Å². The van der Waals surface area contributed by atoms with Gasteiger partial charge in [0.2, 0.25) is 5.91 Å². The Hall–Kier alpha value is -0.0900. The molecule has 1 rings (SSSR count). The van der Waals surface area contributed by atoms with Gasteiger partial charge in [-0.1, -0.05) is 29.8 Å². The van der Waals surface area contributed by atoms with Crippen LogP contribution in [0.2, 0.25) is 0 Å². The van der Waals surface area contributed by atoms with Crippen molar-refractivity contribution in [1.82, 2.24) is 10.2 Å². The molecule has 1 amide bonds. The molecule has 3 nitrogen and oxygen atoms in total. The molecule has 94 valence electrons. The van der Waals surface area contributed by atoms with Crippen LogP contribution in [0.15, 0.2) is 0 Å². The second kappa shape index (κ2) is 6.60. The Bertz CT molecular complexity index is 225. The van der Waals surface area contributed by atoms with Crippen LogP contribution in [0.5, 0.6) is 0 Å². The third-order valence-corrected chi connectivity index (χ3v) is 4.71. The van der Waals surface area contributed by atoms with E-state index in [2.05, 4.69) is 47.0 Å². The summed E-state index contributed by atoms with van der Waals surface area (Å²) in [6.07, 6.45) is 2.40. The summed E-state index contributed by atoms with van der Waals surface area (Å²) in [5, 5.41) is 3.04. The zero-order valence-corrected chi connectivity index (χ0v) is 12.1. The SMILES string of the molecule is CC(C)C(Br)C(=O)NCC1CCN(C)CC1. The number of likely N-dealkylation sites (tertiary alicyclic amines) is 1. The number of nitrogens with one attached hydrogen (secondary N) is 1. The molecule has 16 heavy (non-hydrogen) atoms.